The minimum Gasteiger partial charge on any atom is -0.320 e. The quantitative estimate of drug-likeness (QED) is 0.766. The molecular weight excluding hydrogens is 185 g/mol. The molecule has 1 amide bonds. The fourth-order valence-corrected chi connectivity index (χ4v) is 0.677. The third-order valence-corrected chi connectivity index (χ3v) is 1.17. The summed E-state index contributed by atoms with van der Waals surface area (Å²) >= 11 is 0. The summed E-state index contributed by atoms with van der Waals surface area (Å²) in [7, 11) is 0. The molecule has 1 N–H and O–H groups in total. The molecule has 1 heterocycles. The van der Waals surface area contributed by atoms with Crippen LogP contribution in [0.2, 0.25) is 0 Å². The second-order valence-electron chi connectivity index (χ2n) is 2.18. The van der Waals surface area contributed by atoms with Crippen molar-refractivity contribution in [2.45, 2.75) is 6.43 Å². The number of hydrogen-bond acceptors (Lipinski definition) is 2. The molecule has 0 saturated carbocycles. The Morgan fingerprint density at radius 3 is 2.69 bits per heavy atom. The average Bonchev–Trinajstić information content (AvgIpc) is 2.04. The molecule has 1 aromatic heterocycles. The number of carbonyl (C=O) groups excluding carboxylic acids is 1. The Bertz CT molecular complexity index is 316. The Balaban J connectivity index is 2.69. The van der Waals surface area contributed by atoms with Gasteiger partial charge in [-0.3, -0.25) is 9.78 Å². The number of amides is 1. The number of nitrogens with zero attached hydrogens (tertiary/aromatic N) is 1. The van der Waals surface area contributed by atoms with E-state index < -0.39 is 18.1 Å². The number of pyridine rings is 1. The van der Waals surface area contributed by atoms with E-state index >= 15 is 0 Å². The van der Waals surface area contributed by atoms with E-state index in [0.717, 1.165) is 18.5 Å². The predicted octanol–water partition coefficient (Wildman–Crippen LogP) is 1.42. The fraction of sp³-hybridized carbons (Fsp3) is 0.143. The van der Waals surface area contributed by atoms with Gasteiger partial charge < -0.3 is 5.32 Å². The summed E-state index contributed by atoms with van der Waals surface area (Å²) in [6, 6.07) is 0.896. The van der Waals surface area contributed by atoms with Gasteiger partial charge in [0.15, 0.2) is 0 Å². The van der Waals surface area contributed by atoms with E-state index in [0.29, 0.717) is 0 Å². The summed E-state index contributed by atoms with van der Waals surface area (Å²) in [5.74, 6) is -2.18. The highest BCUT2D eigenvalue weighted by Gasteiger charge is 2.14. The molecule has 0 atom stereocenters. The Morgan fingerprint density at radius 2 is 2.15 bits per heavy atom. The van der Waals surface area contributed by atoms with Crippen LogP contribution in [0.1, 0.15) is 0 Å². The molecule has 6 heteroatoms. The Morgan fingerprint density at radius 1 is 1.46 bits per heavy atom. The zero-order valence-electron chi connectivity index (χ0n) is 6.30. The van der Waals surface area contributed by atoms with Crippen LogP contribution >= 0.6 is 0 Å². The van der Waals surface area contributed by atoms with Crippen LogP contribution < -0.4 is 5.32 Å². The number of anilines is 1. The van der Waals surface area contributed by atoms with Crippen LogP contribution in [-0.4, -0.2) is 17.3 Å². The lowest BCUT2D eigenvalue weighted by Gasteiger charge is -2.02. The van der Waals surface area contributed by atoms with Crippen LogP contribution in [0.3, 0.4) is 0 Å². The van der Waals surface area contributed by atoms with Gasteiger partial charge >= 0.3 is 6.43 Å². The van der Waals surface area contributed by atoms with E-state index in [2.05, 4.69) is 4.98 Å². The summed E-state index contributed by atoms with van der Waals surface area (Å²) in [6.07, 6.45) is -1.15. The second kappa shape index (κ2) is 3.88. The molecule has 1 rings (SSSR count). The summed E-state index contributed by atoms with van der Waals surface area (Å²) < 4.78 is 35.8. The third kappa shape index (κ3) is 2.73. The van der Waals surface area contributed by atoms with E-state index in [4.69, 9.17) is 0 Å². The lowest BCUT2D eigenvalue weighted by molar-refractivity contribution is -0.126. The van der Waals surface area contributed by atoms with Gasteiger partial charge in [0.1, 0.15) is 5.82 Å². The van der Waals surface area contributed by atoms with E-state index in [-0.39, 0.29) is 5.69 Å². The van der Waals surface area contributed by atoms with Crippen LogP contribution in [0.5, 0.6) is 0 Å². The van der Waals surface area contributed by atoms with Gasteiger partial charge in [-0.05, 0) is 0 Å². The number of nitrogens with one attached hydrogen (secondary N) is 1. The highest BCUT2D eigenvalue weighted by Crippen LogP contribution is 2.07. The number of aromatic nitrogens is 1. The molecule has 0 bridgehead atoms. The van der Waals surface area contributed by atoms with Gasteiger partial charge in [0.05, 0.1) is 18.1 Å². The molecule has 0 aliphatic heterocycles. The molecule has 0 fully saturated rings. The molecule has 0 aromatic carbocycles. The van der Waals surface area contributed by atoms with E-state index in [1.165, 1.54) is 0 Å². The van der Waals surface area contributed by atoms with E-state index in [1.807, 2.05) is 0 Å². The van der Waals surface area contributed by atoms with Crippen molar-refractivity contribution in [1.29, 1.82) is 0 Å². The number of rotatable bonds is 2. The van der Waals surface area contributed by atoms with Crippen molar-refractivity contribution >= 4 is 11.6 Å². The SMILES string of the molecule is O=C(Nc1cncc(F)c1)C(F)F. The molecular formula is C7H5F3N2O. The zero-order chi connectivity index (χ0) is 9.84. The minimum atomic E-state index is -3.12. The standard InChI is InChI=1S/C7H5F3N2O/c8-4-1-5(3-11-2-4)12-7(13)6(9)10/h1-3,6H,(H,12,13). The molecule has 70 valence electrons. The monoisotopic (exact) mass is 190 g/mol. The Hall–Kier alpha value is -1.59. The summed E-state index contributed by atoms with van der Waals surface area (Å²) in [6.45, 7) is 0. The topological polar surface area (TPSA) is 42.0 Å². The van der Waals surface area contributed by atoms with Crippen LogP contribution in [-0.2, 0) is 4.79 Å². The number of alkyl halides is 2. The van der Waals surface area contributed by atoms with Crippen molar-refractivity contribution < 1.29 is 18.0 Å². The Kier molecular flexibility index (Phi) is 2.84. The maximum Gasteiger partial charge on any atom is 0.315 e. The van der Waals surface area contributed by atoms with Crippen LogP contribution in [0.15, 0.2) is 18.5 Å². The van der Waals surface area contributed by atoms with Crippen LogP contribution in [0.4, 0.5) is 18.9 Å². The van der Waals surface area contributed by atoms with Gasteiger partial charge in [0.25, 0.3) is 5.91 Å². The number of carbonyl (C=O) groups is 1. The lowest BCUT2D eigenvalue weighted by atomic mass is 10.4. The van der Waals surface area contributed by atoms with E-state index in [9.17, 15) is 18.0 Å². The van der Waals surface area contributed by atoms with Crippen molar-refractivity contribution in [1.82, 2.24) is 4.98 Å². The van der Waals surface area contributed by atoms with Crippen molar-refractivity contribution in [2.24, 2.45) is 0 Å². The maximum absolute atomic E-state index is 12.4. The molecule has 13 heavy (non-hydrogen) atoms. The van der Waals surface area contributed by atoms with E-state index in [1.54, 1.807) is 5.32 Å². The molecule has 0 spiro atoms. The van der Waals surface area contributed by atoms with Crippen molar-refractivity contribution in [3.63, 3.8) is 0 Å². The van der Waals surface area contributed by atoms with Gasteiger partial charge in [-0.1, -0.05) is 0 Å². The van der Waals surface area contributed by atoms with Crippen molar-refractivity contribution in [2.75, 3.05) is 5.32 Å². The predicted molar refractivity (Wildman–Crippen MR) is 38.8 cm³/mol. The molecule has 0 unspecified atom stereocenters. The average molecular weight is 190 g/mol. The lowest BCUT2D eigenvalue weighted by Crippen LogP contribution is -2.20. The summed E-state index contributed by atoms with van der Waals surface area (Å²) in [4.78, 5) is 13.8. The van der Waals surface area contributed by atoms with Gasteiger partial charge in [0.2, 0.25) is 0 Å². The molecule has 3 nitrogen and oxygen atoms in total. The highest BCUT2D eigenvalue weighted by molar-refractivity contribution is 5.92. The zero-order valence-corrected chi connectivity index (χ0v) is 6.30. The highest BCUT2D eigenvalue weighted by atomic mass is 19.3. The first-order chi connectivity index (χ1) is 6.09. The van der Waals surface area contributed by atoms with Crippen LogP contribution in [0, 0.1) is 5.82 Å². The number of halogens is 3. The molecule has 1 aromatic rings. The molecule has 0 radical (unpaired) electrons. The van der Waals surface area contributed by atoms with Gasteiger partial charge in [-0.2, -0.15) is 8.78 Å². The van der Waals surface area contributed by atoms with Gasteiger partial charge in [-0.25, -0.2) is 4.39 Å². The Labute approximate surface area is 71.6 Å². The molecule has 0 aliphatic rings. The fourth-order valence-electron chi connectivity index (χ4n) is 0.677. The third-order valence-electron chi connectivity index (χ3n) is 1.17. The van der Waals surface area contributed by atoms with Gasteiger partial charge in [-0.15, -0.1) is 0 Å². The first kappa shape index (κ1) is 9.50. The summed E-state index contributed by atoms with van der Waals surface area (Å²) in [5, 5.41) is 1.79. The first-order valence-electron chi connectivity index (χ1n) is 3.29. The maximum atomic E-state index is 12.4. The molecule has 0 saturated heterocycles. The summed E-state index contributed by atoms with van der Waals surface area (Å²) in [5.41, 5.74) is -0.0923. The smallest absolute Gasteiger partial charge is 0.315 e. The normalized spacial score (nSPS) is 10.2. The second-order valence-corrected chi connectivity index (χ2v) is 2.18. The largest absolute Gasteiger partial charge is 0.320 e. The molecule has 0 aliphatic carbocycles. The van der Waals surface area contributed by atoms with Crippen molar-refractivity contribution in [3.05, 3.63) is 24.3 Å². The first-order valence-corrected chi connectivity index (χ1v) is 3.29. The van der Waals surface area contributed by atoms with Crippen LogP contribution in [0.25, 0.3) is 0 Å². The minimum absolute atomic E-state index is 0.0923. The number of hydrogen-bond donors (Lipinski definition) is 1. The van der Waals surface area contributed by atoms with Gasteiger partial charge in [0, 0.05) is 6.07 Å². The van der Waals surface area contributed by atoms with Crippen molar-refractivity contribution in [3.8, 4) is 0 Å².